The molecule has 1 aliphatic rings. The Morgan fingerprint density at radius 3 is 2.30 bits per heavy atom. The van der Waals surface area contributed by atoms with Crippen LogP contribution in [0.3, 0.4) is 0 Å². The monoisotopic (exact) mass is 399 g/mol. The van der Waals surface area contributed by atoms with E-state index in [2.05, 4.69) is 10.2 Å². The first-order valence-electron chi connectivity index (χ1n) is 8.58. The number of nitrogens with zero attached hydrogens (tertiary/aromatic N) is 2. The third-order valence-corrected chi connectivity index (χ3v) is 7.13. The average Bonchev–Trinajstić information content (AvgIpc) is 2.60. The van der Waals surface area contributed by atoms with Crippen LogP contribution in [0.15, 0.2) is 29.2 Å². The summed E-state index contributed by atoms with van der Waals surface area (Å²) in [7, 11) is -3.28. The molecule has 1 saturated heterocycles. The summed E-state index contributed by atoms with van der Waals surface area (Å²) in [6.45, 7) is 4.71. The molecule has 7 nitrogen and oxygen atoms in total. The Kier molecular flexibility index (Phi) is 5.29. The molecule has 2 N–H and O–H groups in total. The largest absolute Gasteiger partial charge is 0.358 e. The zero-order valence-corrected chi connectivity index (χ0v) is 15.8. The summed E-state index contributed by atoms with van der Waals surface area (Å²) in [5.41, 5.74) is 0.0705. The quantitative estimate of drug-likeness (QED) is 0.765. The van der Waals surface area contributed by atoms with E-state index in [9.17, 15) is 22.0 Å². The van der Waals surface area contributed by atoms with Crippen LogP contribution in [0.4, 0.5) is 14.5 Å². The highest BCUT2D eigenvalue weighted by Gasteiger charge is 2.34. The first kappa shape index (κ1) is 19.4. The van der Waals surface area contributed by atoms with Crippen LogP contribution in [0.5, 0.6) is 0 Å². The Bertz CT molecular complexity index is 979. The number of hydrogen-bond acceptors (Lipinski definition) is 5. The van der Waals surface area contributed by atoms with Crippen LogP contribution in [0, 0.1) is 11.6 Å². The minimum absolute atomic E-state index is 0.107. The van der Waals surface area contributed by atoms with Crippen molar-refractivity contribution in [1.29, 1.82) is 0 Å². The van der Waals surface area contributed by atoms with E-state index in [1.807, 2.05) is 4.90 Å². The van der Waals surface area contributed by atoms with Crippen LogP contribution < -0.4 is 14.8 Å². The minimum atomic E-state index is -3.28. The Morgan fingerprint density at radius 2 is 1.74 bits per heavy atom. The molecule has 0 saturated carbocycles. The molecule has 0 unspecified atom stereocenters. The number of anilines is 1. The lowest BCUT2D eigenvalue weighted by molar-refractivity contribution is -0.768. The smallest absolute Gasteiger partial charge is 0.297 e. The predicted octanol–water partition coefficient (Wildman–Crippen LogP) is 0.158. The topological polar surface area (TPSA) is 87.6 Å². The number of nitrogens with one attached hydrogen (secondary N) is 2. The van der Waals surface area contributed by atoms with Crippen LogP contribution in [-0.4, -0.2) is 50.0 Å². The van der Waals surface area contributed by atoms with E-state index in [0.29, 0.717) is 36.2 Å². The Hall–Kier alpha value is -2.33. The fourth-order valence-electron chi connectivity index (χ4n) is 3.22. The van der Waals surface area contributed by atoms with Crippen LogP contribution in [0.1, 0.15) is 13.8 Å². The Balaban J connectivity index is 1.94. The standard InChI is InChI=1S/C17H20F2N4O3S/c1-11(2)27(25,26)23-5-3-22(4-6-23)15-10-20-21-17(24)16(15)12-7-13(18)9-14(19)8-12/h7-11H,3-6H2,1-2H3,(H,21,24)/p+1. The molecular formula is C17H21F2N4O3S+. The second kappa shape index (κ2) is 7.35. The second-order valence-electron chi connectivity index (χ2n) is 6.74. The highest BCUT2D eigenvalue weighted by molar-refractivity contribution is 7.85. The van der Waals surface area contributed by atoms with E-state index >= 15 is 0 Å². The van der Waals surface area contributed by atoms with Gasteiger partial charge in [0.25, 0.3) is 15.6 Å². The van der Waals surface area contributed by atoms with Crippen LogP contribution in [0.25, 0.3) is 11.1 Å². The lowest BCUT2D eigenvalue weighted by atomic mass is 10.0. The molecule has 10 heteroatoms. The number of piperazine rings is 1. The van der Waals surface area contributed by atoms with Gasteiger partial charge in [0.05, 0.1) is 30.5 Å². The summed E-state index contributed by atoms with van der Waals surface area (Å²) >= 11 is 0. The maximum Gasteiger partial charge on any atom is 0.297 e. The van der Waals surface area contributed by atoms with Crippen molar-refractivity contribution in [2.24, 2.45) is 0 Å². The average molecular weight is 399 g/mol. The van der Waals surface area contributed by atoms with Crippen molar-refractivity contribution in [2.75, 3.05) is 31.1 Å². The van der Waals surface area contributed by atoms with Gasteiger partial charge in [-0.15, -0.1) is 0 Å². The first-order chi connectivity index (χ1) is 12.7. The van der Waals surface area contributed by atoms with Crippen molar-refractivity contribution in [3.05, 3.63) is 46.4 Å². The molecule has 2 heterocycles. The molecule has 0 spiro atoms. The number of hydrogen-bond donors (Lipinski definition) is 2. The van der Waals surface area contributed by atoms with Crippen molar-refractivity contribution in [3.8, 4) is 11.1 Å². The van der Waals surface area contributed by atoms with E-state index in [1.165, 1.54) is 6.20 Å². The van der Waals surface area contributed by atoms with E-state index < -0.39 is 32.5 Å². The zero-order valence-electron chi connectivity index (χ0n) is 15.0. The third kappa shape index (κ3) is 3.86. The van der Waals surface area contributed by atoms with Gasteiger partial charge >= 0.3 is 0 Å². The van der Waals surface area contributed by atoms with Crippen molar-refractivity contribution in [2.45, 2.75) is 19.1 Å². The number of sulfonamides is 1. The molecule has 1 aromatic heterocycles. The molecular weight excluding hydrogens is 378 g/mol. The van der Waals surface area contributed by atoms with Gasteiger partial charge in [0.15, 0.2) is 0 Å². The summed E-state index contributed by atoms with van der Waals surface area (Å²) in [5, 5.41) is 5.60. The lowest BCUT2D eigenvalue weighted by Crippen LogP contribution is -3.17. The van der Waals surface area contributed by atoms with Gasteiger partial charge in [0, 0.05) is 6.07 Å². The molecule has 0 radical (unpaired) electrons. The molecule has 1 aliphatic heterocycles. The normalized spacial score (nSPS) is 16.1. The van der Waals surface area contributed by atoms with Gasteiger partial charge in [-0.3, -0.25) is 4.79 Å². The lowest BCUT2D eigenvalue weighted by Gasteiger charge is -2.34. The van der Waals surface area contributed by atoms with Crippen molar-refractivity contribution in [3.63, 3.8) is 0 Å². The van der Waals surface area contributed by atoms with Crippen LogP contribution in [-0.2, 0) is 10.0 Å². The maximum atomic E-state index is 13.6. The number of quaternary nitrogens is 1. The Labute approximate surface area is 155 Å². The van der Waals surface area contributed by atoms with Gasteiger partial charge in [-0.2, -0.15) is 13.5 Å². The SMILES string of the molecule is CC(C)S(=O)(=O)[NH+]1CCN(c2cn[nH]c(=O)c2-c2cc(F)cc(F)c2)CC1. The van der Waals surface area contributed by atoms with Gasteiger partial charge in [-0.05, 0) is 31.5 Å². The molecule has 1 aromatic carbocycles. The number of rotatable bonds is 4. The molecule has 0 aliphatic carbocycles. The molecule has 0 bridgehead atoms. The summed E-state index contributed by atoms with van der Waals surface area (Å²) in [6, 6.07) is 2.90. The number of halogens is 2. The number of benzene rings is 1. The number of aromatic amines is 1. The van der Waals surface area contributed by atoms with Gasteiger partial charge in [0.2, 0.25) is 0 Å². The fourth-order valence-corrected chi connectivity index (χ4v) is 4.64. The van der Waals surface area contributed by atoms with Crippen LogP contribution >= 0.6 is 0 Å². The molecule has 0 amide bonds. The van der Waals surface area contributed by atoms with E-state index in [4.69, 9.17) is 0 Å². The zero-order chi connectivity index (χ0) is 19.8. The molecule has 27 heavy (non-hydrogen) atoms. The summed E-state index contributed by atoms with van der Waals surface area (Å²) in [6.07, 6.45) is 1.42. The van der Waals surface area contributed by atoms with Gasteiger partial charge in [-0.25, -0.2) is 18.2 Å². The van der Waals surface area contributed by atoms with Crippen LogP contribution in [0.2, 0.25) is 0 Å². The van der Waals surface area contributed by atoms with E-state index in [1.54, 1.807) is 13.8 Å². The first-order valence-corrected chi connectivity index (χ1v) is 10.1. The number of aromatic nitrogens is 2. The highest BCUT2D eigenvalue weighted by atomic mass is 32.2. The van der Waals surface area contributed by atoms with Gasteiger partial charge in [-0.1, -0.05) is 0 Å². The van der Waals surface area contributed by atoms with Gasteiger partial charge < -0.3 is 4.90 Å². The molecule has 2 aromatic rings. The maximum absolute atomic E-state index is 13.6. The van der Waals surface area contributed by atoms with E-state index in [-0.39, 0.29) is 11.1 Å². The second-order valence-corrected chi connectivity index (χ2v) is 9.35. The third-order valence-electron chi connectivity index (χ3n) is 4.67. The van der Waals surface area contributed by atoms with Gasteiger partial charge in [0.1, 0.15) is 30.0 Å². The summed E-state index contributed by atoms with van der Waals surface area (Å²) in [5.74, 6) is -1.58. The highest BCUT2D eigenvalue weighted by Crippen LogP contribution is 2.28. The molecule has 3 rings (SSSR count). The number of H-pyrrole nitrogens is 1. The summed E-state index contributed by atoms with van der Waals surface area (Å²) in [4.78, 5) is 14.1. The minimum Gasteiger partial charge on any atom is -0.358 e. The van der Waals surface area contributed by atoms with E-state index in [0.717, 1.165) is 18.2 Å². The molecule has 1 fully saturated rings. The Morgan fingerprint density at radius 1 is 1.15 bits per heavy atom. The molecule has 0 atom stereocenters. The van der Waals surface area contributed by atoms with Crippen molar-refractivity contribution >= 4 is 15.7 Å². The van der Waals surface area contributed by atoms with Crippen molar-refractivity contribution < 1.29 is 21.5 Å². The summed E-state index contributed by atoms with van der Waals surface area (Å²) < 4.78 is 52.4. The predicted molar refractivity (Wildman–Crippen MR) is 97.2 cm³/mol. The fraction of sp³-hybridized carbons (Fsp3) is 0.412. The van der Waals surface area contributed by atoms with Crippen molar-refractivity contribution in [1.82, 2.24) is 10.2 Å². The molecule has 146 valence electrons.